The van der Waals surface area contributed by atoms with Crippen LogP contribution in [0.4, 0.5) is 0 Å². The number of benzene rings is 1. The van der Waals surface area contributed by atoms with Crippen LogP contribution in [0.15, 0.2) is 40.1 Å². The third-order valence-electron chi connectivity index (χ3n) is 3.37. The van der Waals surface area contributed by atoms with Crippen molar-refractivity contribution < 1.29 is 4.42 Å². The molecule has 0 aliphatic carbocycles. The van der Waals surface area contributed by atoms with Gasteiger partial charge in [0, 0.05) is 15.3 Å². The van der Waals surface area contributed by atoms with Crippen LogP contribution in [-0.2, 0) is 6.42 Å². The predicted molar refractivity (Wildman–Crippen MR) is 84.1 cm³/mol. The molecule has 2 heterocycles. The zero-order valence-corrected chi connectivity index (χ0v) is 12.6. The van der Waals surface area contributed by atoms with Crippen molar-refractivity contribution in [3.05, 3.63) is 56.9 Å². The summed E-state index contributed by atoms with van der Waals surface area (Å²) in [5.74, 6) is 6.55. The van der Waals surface area contributed by atoms with Gasteiger partial charge >= 0.3 is 0 Å². The molecule has 3 aromatic rings. The number of rotatable bonds is 4. The zero-order chi connectivity index (χ0) is 14.1. The third-order valence-corrected chi connectivity index (χ3v) is 4.63. The minimum Gasteiger partial charge on any atom is -0.459 e. The van der Waals surface area contributed by atoms with E-state index in [0.717, 1.165) is 23.2 Å². The highest BCUT2D eigenvalue weighted by atomic mass is 35.5. The fraction of sp³-hybridized carbons (Fsp3) is 0.200. The number of thiophene rings is 1. The molecule has 0 amide bonds. The molecule has 104 valence electrons. The molecule has 3 N–H and O–H groups in total. The number of aryl methyl sites for hydroxylation is 1. The lowest BCUT2D eigenvalue weighted by atomic mass is 10.1. The van der Waals surface area contributed by atoms with Gasteiger partial charge < -0.3 is 4.42 Å². The Morgan fingerprint density at radius 3 is 2.95 bits per heavy atom. The summed E-state index contributed by atoms with van der Waals surface area (Å²) in [4.78, 5) is 1.19. The van der Waals surface area contributed by atoms with Crippen molar-refractivity contribution in [1.82, 2.24) is 5.43 Å². The van der Waals surface area contributed by atoms with E-state index < -0.39 is 0 Å². The first-order valence-corrected chi connectivity index (χ1v) is 7.70. The van der Waals surface area contributed by atoms with Crippen LogP contribution in [0.2, 0.25) is 5.02 Å². The van der Waals surface area contributed by atoms with Gasteiger partial charge in [-0.1, -0.05) is 18.5 Å². The third kappa shape index (κ3) is 2.36. The maximum atomic E-state index is 6.01. The summed E-state index contributed by atoms with van der Waals surface area (Å²) in [6.45, 7) is 2.14. The number of fused-ring (bicyclic) bond motifs is 1. The van der Waals surface area contributed by atoms with Crippen LogP contribution in [0.3, 0.4) is 0 Å². The Bertz CT molecular complexity index is 734. The van der Waals surface area contributed by atoms with Gasteiger partial charge in [0.1, 0.15) is 17.4 Å². The summed E-state index contributed by atoms with van der Waals surface area (Å²) in [6, 6.07) is 9.59. The minimum absolute atomic E-state index is 0.129. The number of halogens is 1. The van der Waals surface area contributed by atoms with E-state index in [-0.39, 0.29) is 6.04 Å². The van der Waals surface area contributed by atoms with E-state index in [0.29, 0.717) is 5.02 Å². The highest BCUT2D eigenvalue weighted by Crippen LogP contribution is 2.33. The molecule has 3 rings (SSSR count). The second-order valence-corrected chi connectivity index (χ2v) is 5.98. The molecule has 3 nitrogen and oxygen atoms in total. The Morgan fingerprint density at radius 2 is 2.20 bits per heavy atom. The molecular weight excluding hydrogens is 292 g/mol. The van der Waals surface area contributed by atoms with Gasteiger partial charge in [-0.05, 0) is 47.7 Å². The molecule has 2 aromatic heterocycles. The Morgan fingerprint density at radius 1 is 1.35 bits per heavy atom. The van der Waals surface area contributed by atoms with Crippen LogP contribution in [0.25, 0.3) is 11.0 Å². The lowest BCUT2D eigenvalue weighted by molar-refractivity contribution is 0.480. The summed E-state index contributed by atoms with van der Waals surface area (Å²) in [6.07, 6.45) is 0.975. The quantitative estimate of drug-likeness (QED) is 0.559. The monoisotopic (exact) mass is 306 g/mol. The van der Waals surface area contributed by atoms with Crippen molar-refractivity contribution >= 4 is 33.9 Å². The van der Waals surface area contributed by atoms with Crippen LogP contribution in [0, 0.1) is 0 Å². The molecule has 0 spiro atoms. The maximum absolute atomic E-state index is 6.01. The smallest absolute Gasteiger partial charge is 0.134 e. The normalized spacial score (nSPS) is 12.9. The Hall–Kier alpha value is -1.33. The van der Waals surface area contributed by atoms with Crippen LogP contribution < -0.4 is 11.3 Å². The fourth-order valence-corrected chi connectivity index (χ4v) is 3.60. The Kier molecular flexibility index (Phi) is 3.81. The molecule has 0 aliphatic heterocycles. The van der Waals surface area contributed by atoms with Crippen LogP contribution in [0.5, 0.6) is 0 Å². The largest absolute Gasteiger partial charge is 0.459 e. The number of nitrogens with one attached hydrogen (secondary N) is 1. The van der Waals surface area contributed by atoms with E-state index in [4.69, 9.17) is 21.9 Å². The molecule has 1 unspecified atom stereocenters. The molecule has 0 saturated heterocycles. The van der Waals surface area contributed by atoms with Crippen LogP contribution in [-0.4, -0.2) is 0 Å². The highest BCUT2D eigenvalue weighted by Gasteiger charge is 2.21. The molecule has 0 bridgehead atoms. The van der Waals surface area contributed by atoms with E-state index in [9.17, 15) is 0 Å². The molecule has 5 heteroatoms. The van der Waals surface area contributed by atoms with Crippen LogP contribution in [0.1, 0.15) is 29.2 Å². The van der Waals surface area contributed by atoms with Crippen molar-refractivity contribution in [2.45, 2.75) is 19.4 Å². The van der Waals surface area contributed by atoms with Crippen molar-refractivity contribution in [1.29, 1.82) is 0 Å². The molecular formula is C15H15ClN2OS. The van der Waals surface area contributed by atoms with Crippen molar-refractivity contribution in [2.75, 3.05) is 0 Å². The number of nitrogens with two attached hydrogens (primary N) is 1. The SMILES string of the molecule is CCc1ccsc1C(NN)c1cc2cc(Cl)ccc2o1. The first kappa shape index (κ1) is 13.6. The standard InChI is InChI=1S/C15H15ClN2OS/c1-2-9-5-6-20-15(9)14(18-17)13-8-10-7-11(16)3-4-12(10)19-13/h3-8,14,18H,2,17H2,1H3. The summed E-state index contributed by atoms with van der Waals surface area (Å²) >= 11 is 7.69. The summed E-state index contributed by atoms with van der Waals surface area (Å²) in [5, 5.41) is 3.77. The second-order valence-electron chi connectivity index (χ2n) is 4.59. The van der Waals surface area contributed by atoms with E-state index in [2.05, 4.69) is 23.8 Å². The summed E-state index contributed by atoms with van der Waals surface area (Å²) in [7, 11) is 0. The fourth-order valence-electron chi connectivity index (χ4n) is 2.36. The maximum Gasteiger partial charge on any atom is 0.134 e. The van der Waals surface area contributed by atoms with Gasteiger partial charge in [0.25, 0.3) is 0 Å². The minimum atomic E-state index is -0.129. The second kappa shape index (κ2) is 5.58. The van der Waals surface area contributed by atoms with Gasteiger partial charge in [0.05, 0.1) is 0 Å². The topological polar surface area (TPSA) is 51.2 Å². The zero-order valence-electron chi connectivity index (χ0n) is 11.0. The van der Waals surface area contributed by atoms with Crippen molar-refractivity contribution in [2.24, 2.45) is 5.84 Å². The molecule has 0 aliphatic rings. The highest BCUT2D eigenvalue weighted by molar-refractivity contribution is 7.10. The van der Waals surface area contributed by atoms with Gasteiger partial charge in [-0.3, -0.25) is 5.84 Å². The first-order chi connectivity index (χ1) is 9.72. The molecule has 0 fully saturated rings. The molecule has 0 radical (unpaired) electrons. The van der Waals surface area contributed by atoms with Gasteiger partial charge in [-0.15, -0.1) is 11.3 Å². The van der Waals surface area contributed by atoms with Crippen LogP contribution >= 0.6 is 22.9 Å². The number of furan rings is 1. The lowest BCUT2D eigenvalue weighted by Gasteiger charge is -2.13. The van der Waals surface area contributed by atoms with Gasteiger partial charge in [-0.25, -0.2) is 5.43 Å². The lowest BCUT2D eigenvalue weighted by Crippen LogP contribution is -2.28. The number of hydrogen-bond donors (Lipinski definition) is 2. The molecule has 20 heavy (non-hydrogen) atoms. The predicted octanol–water partition coefficient (Wildman–Crippen LogP) is 4.26. The summed E-state index contributed by atoms with van der Waals surface area (Å²) in [5.41, 5.74) is 4.96. The number of hydrazine groups is 1. The first-order valence-electron chi connectivity index (χ1n) is 6.44. The van der Waals surface area contributed by atoms with Crippen molar-refractivity contribution in [3.8, 4) is 0 Å². The average molecular weight is 307 g/mol. The Balaban J connectivity index is 2.07. The summed E-state index contributed by atoms with van der Waals surface area (Å²) < 4.78 is 5.90. The number of hydrogen-bond acceptors (Lipinski definition) is 4. The Labute approximate surface area is 126 Å². The van der Waals surface area contributed by atoms with Crippen molar-refractivity contribution in [3.63, 3.8) is 0 Å². The van der Waals surface area contributed by atoms with E-state index in [1.807, 2.05) is 24.3 Å². The van der Waals surface area contributed by atoms with Gasteiger partial charge in [0.2, 0.25) is 0 Å². The average Bonchev–Trinajstić information content (AvgIpc) is 3.05. The molecule has 0 saturated carbocycles. The molecule has 1 aromatic carbocycles. The molecule has 1 atom stereocenters. The van der Waals surface area contributed by atoms with E-state index >= 15 is 0 Å². The van der Waals surface area contributed by atoms with E-state index in [1.165, 1.54) is 10.4 Å². The van der Waals surface area contributed by atoms with E-state index in [1.54, 1.807) is 11.3 Å². The van der Waals surface area contributed by atoms with Gasteiger partial charge in [-0.2, -0.15) is 0 Å². The van der Waals surface area contributed by atoms with Gasteiger partial charge in [0.15, 0.2) is 0 Å².